The first-order valence-electron chi connectivity index (χ1n) is 10.1. The van der Waals surface area contributed by atoms with Crippen LogP contribution in [-0.2, 0) is 9.47 Å². The summed E-state index contributed by atoms with van der Waals surface area (Å²) >= 11 is 0.255. The molecule has 1 fully saturated rings. The van der Waals surface area contributed by atoms with Gasteiger partial charge in [-0.15, -0.1) is 0 Å². The summed E-state index contributed by atoms with van der Waals surface area (Å²) in [4.78, 5) is 0.327. The van der Waals surface area contributed by atoms with E-state index in [0.29, 0.717) is 11.4 Å². The number of aliphatic hydroxyl groups excluding tert-OH is 1. The number of hydrogen-bond acceptors (Lipinski definition) is 3. The van der Waals surface area contributed by atoms with Crippen molar-refractivity contribution in [2.75, 3.05) is 6.61 Å². The predicted octanol–water partition coefficient (Wildman–Crippen LogP) is 4.43. The number of aliphatic hydroxyl groups is 1. The Labute approximate surface area is 178 Å². The summed E-state index contributed by atoms with van der Waals surface area (Å²) in [5.74, 6) is 0. The van der Waals surface area contributed by atoms with E-state index in [-0.39, 0.29) is 21.2 Å². The van der Waals surface area contributed by atoms with E-state index in [1.807, 2.05) is 66.7 Å². The van der Waals surface area contributed by atoms with Gasteiger partial charge in [-0.05, 0) is 0 Å². The first-order valence-corrected chi connectivity index (χ1v) is 11.9. The van der Waals surface area contributed by atoms with Crippen molar-refractivity contribution in [2.24, 2.45) is 0 Å². The SMILES string of the molecule is O[C@@H](c1ccccc1)[C@@H](O[C@H]1OCCC[C@H]1[Se]c1ccccc1)c1ccccc1. The molecule has 0 saturated carbocycles. The molecule has 3 aromatic carbocycles. The van der Waals surface area contributed by atoms with Crippen LogP contribution in [0.3, 0.4) is 0 Å². The van der Waals surface area contributed by atoms with E-state index in [4.69, 9.17) is 9.47 Å². The molecule has 0 bridgehead atoms. The molecule has 4 atom stereocenters. The molecule has 0 amide bonds. The summed E-state index contributed by atoms with van der Waals surface area (Å²) in [5.41, 5.74) is 1.81. The Morgan fingerprint density at radius 2 is 1.41 bits per heavy atom. The second-order valence-corrected chi connectivity index (χ2v) is 9.93. The summed E-state index contributed by atoms with van der Waals surface area (Å²) in [5, 5.41) is 11.2. The van der Waals surface area contributed by atoms with Crippen LogP contribution in [0.25, 0.3) is 0 Å². The molecular formula is C25H26O3Se. The molecule has 0 aromatic heterocycles. The Kier molecular flexibility index (Phi) is 7.15. The first-order chi connectivity index (χ1) is 14.3. The van der Waals surface area contributed by atoms with Gasteiger partial charge in [0.25, 0.3) is 0 Å². The molecule has 1 heterocycles. The van der Waals surface area contributed by atoms with Crippen LogP contribution in [-0.4, -0.2) is 33.0 Å². The maximum absolute atomic E-state index is 11.2. The van der Waals surface area contributed by atoms with E-state index < -0.39 is 12.2 Å². The molecule has 1 aliphatic heterocycles. The fraction of sp³-hybridized carbons (Fsp3) is 0.280. The van der Waals surface area contributed by atoms with E-state index in [0.717, 1.165) is 24.0 Å². The van der Waals surface area contributed by atoms with Gasteiger partial charge in [0.05, 0.1) is 0 Å². The van der Waals surface area contributed by atoms with Crippen LogP contribution in [0.5, 0.6) is 0 Å². The monoisotopic (exact) mass is 454 g/mol. The summed E-state index contributed by atoms with van der Waals surface area (Å²) < 4.78 is 14.0. The first kappa shape index (κ1) is 20.3. The third-order valence-electron chi connectivity index (χ3n) is 5.09. The molecule has 29 heavy (non-hydrogen) atoms. The quantitative estimate of drug-likeness (QED) is 0.538. The van der Waals surface area contributed by atoms with Crippen LogP contribution in [0, 0.1) is 0 Å². The van der Waals surface area contributed by atoms with Crippen LogP contribution < -0.4 is 4.46 Å². The second-order valence-electron chi connectivity index (χ2n) is 7.17. The van der Waals surface area contributed by atoms with Gasteiger partial charge in [0.2, 0.25) is 0 Å². The van der Waals surface area contributed by atoms with Crippen molar-refractivity contribution < 1.29 is 14.6 Å². The molecule has 150 valence electrons. The molecular weight excluding hydrogens is 427 g/mol. The van der Waals surface area contributed by atoms with Crippen LogP contribution in [0.4, 0.5) is 0 Å². The van der Waals surface area contributed by atoms with Crippen molar-refractivity contribution in [1.82, 2.24) is 0 Å². The van der Waals surface area contributed by atoms with Gasteiger partial charge in [-0.1, -0.05) is 0 Å². The zero-order valence-electron chi connectivity index (χ0n) is 16.3. The maximum atomic E-state index is 11.2. The van der Waals surface area contributed by atoms with Crippen molar-refractivity contribution in [2.45, 2.75) is 36.2 Å². The van der Waals surface area contributed by atoms with E-state index in [2.05, 4.69) is 24.3 Å². The van der Waals surface area contributed by atoms with Crippen molar-refractivity contribution in [3.05, 3.63) is 102 Å². The molecule has 4 rings (SSSR count). The van der Waals surface area contributed by atoms with E-state index in [1.165, 1.54) is 4.46 Å². The van der Waals surface area contributed by atoms with Crippen molar-refractivity contribution in [1.29, 1.82) is 0 Å². The number of hydrogen-bond donors (Lipinski definition) is 1. The number of ether oxygens (including phenoxy) is 2. The van der Waals surface area contributed by atoms with Gasteiger partial charge >= 0.3 is 179 Å². The number of rotatable bonds is 7. The van der Waals surface area contributed by atoms with Crippen molar-refractivity contribution in [3.8, 4) is 0 Å². The van der Waals surface area contributed by atoms with Crippen LogP contribution in [0.2, 0.25) is 4.82 Å². The zero-order chi connectivity index (χ0) is 19.9. The average Bonchev–Trinajstić information content (AvgIpc) is 2.80. The minimum atomic E-state index is -0.756. The summed E-state index contributed by atoms with van der Waals surface area (Å²) in [7, 11) is 0. The van der Waals surface area contributed by atoms with Gasteiger partial charge in [0, 0.05) is 0 Å². The third-order valence-corrected chi connectivity index (χ3v) is 7.82. The Bertz CT molecular complexity index is 857. The standard InChI is InChI=1S/C25H26O3Se/c26-23(19-11-4-1-5-12-19)24(20-13-6-2-7-14-20)28-25-22(17-10-18-27-25)29-21-15-8-3-9-16-21/h1-9,11-16,22-26H,10,17-18H2/t22-,23+,24+,25-/m1/s1. The zero-order valence-corrected chi connectivity index (χ0v) is 18.0. The van der Waals surface area contributed by atoms with Gasteiger partial charge < -0.3 is 0 Å². The van der Waals surface area contributed by atoms with Gasteiger partial charge in [0.1, 0.15) is 0 Å². The molecule has 0 unspecified atom stereocenters. The number of benzene rings is 3. The Morgan fingerprint density at radius 3 is 2.07 bits per heavy atom. The van der Waals surface area contributed by atoms with Gasteiger partial charge in [-0.25, -0.2) is 0 Å². The fourth-order valence-corrected chi connectivity index (χ4v) is 6.11. The Balaban J connectivity index is 1.57. The average molecular weight is 453 g/mol. The molecule has 1 N–H and O–H groups in total. The molecule has 4 heteroatoms. The van der Waals surface area contributed by atoms with E-state index in [1.54, 1.807) is 0 Å². The second kappa shape index (κ2) is 10.2. The van der Waals surface area contributed by atoms with Gasteiger partial charge in [0.15, 0.2) is 0 Å². The Morgan fingerprint density at radius 1 is 0.828 bits per heavy atom. The van der Waals surface area contributed by atoms with E-state index in [9.17, 15) is 5.11 Å². The van der Waals surface area contributed by atoms with Crippen LogP contribution in [0.15, 0.2) is 91.0 Å². The predicted molar refractivity (Wildman–Crippen MR) is 116 cm³/mol. The summed E-state index contributed by atoms with van der Waals surface area (Å²) in [6.45, 7) is 0.703. The molecule has 3 aromatic rings. The summed E-state index contributed by atoms with van der Waals surface area (Å²) in [6.07, 6.45) is 0.594. The third kappa shape index (κ3) is 5.36. The topological polar surface area (TPSA) is 38.7 Å². The van der Waals surface area contributed by atoms with Crippen molar-refractivity contribution >= 4 is 19.4 Å². The minimum absolute atomic E-state index is 0.255. The molecule has 1 aliphatic rings. The molecule has 3 nitrogen and oxygen atoms in total. The normalized spacial score (nSPS) is 21.4. The molecule has 0 radical (unpaired) electrons. The van der Waals surface area contributed by atoms with Gasteiger partial charge in [-0.3, -0.25) is 0 Å². The molecule has 0 spiro atoms. The van der Waals surface area contributed by atoms with Crippen LogP contribution >= 0.6 is 0 Å². The van der Waals surface area contributed by atoms with Crippen molar-refractivity contribution in [3.63, 3.8) is 0 Å². The molecule has 1 saturated heterocycles. The Hall–Kier alpha value is -1.94. The molecule has 0 aliphatic carbocycles. The van der Waals surface area contributed by atoms with Gasteiger partial charge in [-0.2, -0.15) is 0 Å². The summed E-state index contributed by atoms with van der Waals surface area (Å²) in [6, 6.07) is 30.3. The fourth-order valence-electron chi connectivity index (χ4n) is 3.59. The van der Waals surface area contributed by atoms with E-state index >= 15 is 0 Å². The van der Waals surface area contributed by atoms with Crippen LogP contribution in [0.1, 0.15) is 36.2 Å².